The molecule has 0 N–H and O–H groups in total. The van der Waals surface area contributed by atoms with Crippen molar-refractivity contribution < 1.29 is 0 Å². The number of thiazole rings is 1. The van der Waals surface area contributed by atoms with E-state index >= 15 is 0 Å². The molecule has 2 heterocycles. The average molecular weight is 140 g/mol. The molecule has 0 bridgehead atoms. The zero-order valence-corrected chi connectivity index (χ0v) is 5.55. The molecule has 0 aliphatic carbocycles. The van der Waals surface area contributed by atoms with Gasteiger partial charge in [-0.25, -0.2) is 4.98 Å². The summed E-state index contributed by atoms with van der Waals surface area (Å²) in [6.45, 7) is 0. The van der Waals surface area contributed by atoms with Gasteiger partial charge >= 0.3 is 0 Å². The summed E-state index contributed by atoms with van der Waals surface area (Å²) in [7, 11) is 0. The maximum atomic E-state index is 3.99. The average Bonchev–Trinajstić information content (AvgIpc) is 2.15. The molecule has 39 valence electrons. The lowest BCUT2D eigenvalue weighted by atomic mass is 10.6. The summed E-state index contributed by atoms with van der Waals surface area (Å²) in [4.78, 5) is 5.10. The minimum absolute atomic E-state index is 1.11. The van der Waals surface area contributed by atoms with Crippen molar-refractivity contribution in [2.45, 2.75) is 0 Å². The Morgan fingerprint density at radius 3 is 3.50 bits per heavy atom. The molecule has 0 saturated carbocycles. The minimum atomic E-state index is 1.11. The van der Waals surface area contributed by atoms with E-state index in [1.807, 2.05) is 5.38 Å². The summed E-state index contributed by atoms with van der Waals surface area (Å²) in [6.07, 6.45) is 0. The SMILES string of the molecule is [c]1nc2sccc2s1. The van der Waals surface area contributed by atoms with Crippen molar-refractivity contribution in [1.82, 2.24) is 4.98 Å². The van der Waals surface area contributed by atoms with Gasteiger partial charge in [0.25, 0.3) is 0 Å². The van der Waals surface area contributed by atoms with Crippen LogP contribution in [-0.2, 0) is 0 Å². The van der Waals surface area contributed by atoms with Crippen molar-refractivity contribution in [2.75, 3.05) is 0 Å². The topological polar surface area (TPSA) is 12.9 Å². The van der Waals surface area contributed by atoms with Gasteiger partial charge in [-0.15, -0.1) is 22.7 Å². The van der Waals surface area contributed by atoms with Crippen LogP contribution in [0.4, 0.5) is 0 Å². The first-order valence-electron chi connectivity index (χ1n) is 2.17. The molecule has 0 fully saturated rings. The van der Waals surface area contributed by atoms with Gasteiger partial charge in [-0.05, 0) is 11.4 Å². The van der Waals surface area contributed by atoms with Gasteiger partial charge in [0.05, 0.1) is 4.70 Å². The predicted octanol–water partition coefficient (Wildman–Crippen LogP) is 2.16. The Hall–Kier alpha value is -0.410. The molecular weight excluding hydrogens is 138 g/mol. The van der Waals surface area contributed by atoms with Gasteiger partial charge in [0, 0.05) is 0 Å². The summed E-state index contributed by atoms with van der Waals surface area (Å²) in [5.74, 6) is 0. The van der Waals surface area contributed by atoms with E-state index in [-0.39, 0.29) is 0 Å². The van der Waals surface area contributed by atoms with Crippen molar-refractivity contribution in [3.8, 4) is 0 Å². The van der Waals surface area contributed by atoms with Crippen molar-refractivity contribution in [2.24, 2.45) is 0 Å². The predicted molar refractivity (Wildman–Crippen MR) is 36.3 cm³/mol. The molecular formula is C5H2NS2. The fraction of sp³-hybridized carbons (Fsp3) is 0. The summed E-state index contributed by atoms with van der Waals surface area (Å²) >= 11 is 3.23. The van der Waals surface area contributed by atoms with E-state index in [9.17, 15) is 0 Å². The molecule has 0 aliphatic rings. The Bertz CT molecular complexity index is 232. The number of nitrogens with zero attached hydrogens (tertiary/aromatic N) is 1. The van der Waals surface area contributed by atoms with Gasteiger partial charge in [0.15, 0.2) is 5.51 Å². The van der Waals surface area contributed by atoms with E-state index in [4.69, 9.17) is 0 Å². The number of rotatable bonds is 0. The summed E-state index contributed by atoms with van der Waals surface area (Å²) in [5, 5.41) is 2.04. The van der Waals surface area contributed by atoms with Crippen molar-refractivity contribution in [3.63, 3.8) is 0 Å². The number of fused-ring (bicyclic) bond motifs is 1. The van der Waals surface area contributed by atoms with Crippen LogP contribution in [0, 0.1) is 5.51 Å². The van der Waals surface area contributed by atoms with E-state index in [0.717, 1.165) is 4.83 Å². The second kappa shape index (κ2) is 1.53. The highest BCUT2D eigenvalue weighted by molar-refractivity contribution is 7.24. The number of aromatic nitrogens is 1. The van der Waals surface area contributed by atoms with Gasteiger partial charge in [0.1, 0.15) is 4.83 Å². The molecule has 0 spiro atoms. The van der Waals surface area contributed by atoms with Crippen LogP contribution in [0.2, 0.25) is 0 Å². The third-order valence-electron chi connectivity index (χ3n) is 0.913. The Labute approximate surface area is 54.6 Å². The van der Waals surface area contributed by atoms with Crippen LogP contribution in [0.1, 0.15) is 0 Å². The fourth-order valence-electron chi connectivity index (χ4n) is 0.562. The first-order chi connectivity index (χ1) is 3.97. The lowest BCUT2D eigenvalue weighted by molar-refractivity contribution is 1.52. The fourth-order valence-corrected chi connectivity index (χ4v) is 2.10. The van der Waals surface area contributed by atoms with E-state index in [1.54, 1.807) is 22.7 Å². The molecule has 1 radical (unpaired) electrons. The number of hydrogen-bond donors (Lipinski definition) is 0. The zero-order chi connectivity index (χ0) is 5.40. The quantitative estimate of drug-likeness (QED) is 0.546. The van der Waals surface area contributed by atoms with Gasteiger partial charge < -0.3 is 0 Å². The molecule has 1 nitrogen and oxygen atoms in total. The van der Waals surface area contributed by atoms with Gasteiger partial charge in [-0.3, -0.25) is 0 Å². The summed E-state index contributed by atoms with van der Waals surface area (Å²) in [5.41, 5.74) is 2.82. The molecule has 0 aliphatic heterocycles. The van der Waals surface area contributed by atoms with Crippen LogP contribution in [0.25, 0.3) is 9.53 Å². The van der Waals surface area contributed by atoms with E-state index < -0.39 is 0 Å². The van der Waals surface area contributed by atoms with Crippen LogP contribution in [0.15, 0.2) is 11.4 Å². The smallest absolute Gasteiger partial charge is 0.154 e. The van der Waals surface area contributed by atoms with Gasteiger partial charge in [0.2, 0.25) is 0 Å². The molecule has 3 heteroatoms. The second-order valence-corrected chi connectivity index (χ2v) is 3.12. The summed E-state index contributed by atoms with van der Waals surface area (Å²) in [6, 6.07) is 2.06. The number of hydrogen-bond acceptors (Lipinski definition) is 3. The van der Waals surface area contributed by atoms with Crippen molar-refractivity contribution in [1.29, 1.82) is 0 Å². The highest BCUT2D eigenvalue weighted by Crippen LogP contribution is 2.21. The number of thiophene rings is 1. The molecule has 2 aromatic heterocycles. The Morgan fingerprint density at radius 2 is 2.62 bits per heavy atom. The van der Waals surface area contributed by atoms with Crippen LogP contribution in [0.3, 0.4) is 0 Å². The lowest BCUT2D eigenvalue weighted by Gasteiger charge is -1.61. The Kier molecular flexibility index (Phi) is 0.856. The largest absolute Gasteiger partial charge is 0.223 e. The maximum absolute atomic E-state index is 3.99. The minimum Gasteiger partial charge on any atom is -0.223 e. The highest BCUT2D eigenvalue weighted by atomic mass is 32.1. The zero-order valence-electron chi connectivity index (χ0n) is 3.92. The molecule has 2 rings (SSSR count). The maximum Gasteiger partial charge on any atom is 0.154 e. The third kappa shape index (κ3) is 0.485. The second-order valence-electron chi connectivity index (χ2n) is 1.40. The normalized spacial score (nSPS) is 10.5. The highest BCUT2D eigenvalue weighted by Gasteiger charge is 1.93. The van der Waals surface area contributed by atoms with E-state index in [2.05, 4.69) is 16.6 Å². The molecule has 0 atom stereocenters. The van der Waals surface area contributed by atoms with Crippen LogP contribution < -0.4 is 0 Å². The van der Waals surface area contributed by atoms with Crippen molar-refractivity contribution >= 4 is 32.2 Å². The summed E-state index contributed by atoms with van der Waals surface area (Å²) < 4.78 is 1.25. The molecule has 0 unspecified atom stereocenters. The van der Waals surface area contributed by atoms with Gasteiger partial charge in [-0.1, -0.05) is 0 Å². The Balaban J connectivity index is 3.06. The van der Waals surface area contributed by atoms with Crippen molar-refractivity contribution in [3.05, 3.63) is 17.0 Å². The molecule has 0 saturated heterocycles. The van der Waals surface area contributed by atoms with E-state index in [1.165, 1.54) is 4.70 Å². The first kappa shape index (κ1) is 4.47. The van der Waals surface area contributed by atoms with Crippen LogP contribution >= 0.6 is 22.7 Å². The third-order valence-corrected chi connectivity index (χ3v) is 2.58. The van der Waals surface area contributed by atoms with Crippen LogP contribution in [0.5, 0.6) is 0 Å². The molecule has 8 heavy (non-hydrogen) atoms. The Morgan fingerprint density at radius 1 is 1.62 bits per heavy atom. The van der Waals surface area contributed by atoms with Gasteiger partial charge in [-0.2, -0.15) is 0 Å². The van der Waals surface area contributed by atoms with Crippen LogP contribution in [-0.4, -0.2) is 4.98 Å². The monoisotopic (exact) mass is 140 g/mol. The standard InChI is InChI=1S/C5H2NS2/c1-2-7-5-4(1)8-3-6-5/h1-2H. The van der Waals surface area contributed by atoms with E-state index in [0.29, 0.717) is 0 Å². The molecule has 0 aromatic carbocycles. The molecule has 0 amide bonds. The first-order valence-corrected chi connectivity index (χ1v) is 3.86. The molecule has 2 aromatic rings. The lowest BCUT2D eigenvalue weighted by Crippen LogP contribution is -1.46.